The van der Waals surface area contributed by atoms with E-state index in [-0.39, 0.29) is 5.92 Å². The van der Waals surface area contributed by atoms with Crippen molar-refractivity contribution in [1.82, 2.24) is 0 Å². The molecule has 0 saturated heterocycles. The van der Waals surface area contributed by atoms with Crippen molar-refractivity contribution in [2.24, 2.45) is 5.73 Å². The molecule has 0 aliphatic carbocycles. The molecule has 1 rings (SSSR count). The maximum absolute atomic E-state index is 9.74. The van der Waals surface area contributed by atoms with Gasteiger partial charge in [-0.05, 0) is 37.4 Å². The highest BCUT2D eigenvalue weighted by Crippen LogP contribution is 2.36. The summed E-state index contributed by atoms with van der Waals surface area (Å²) in [4.78, 5) is 0. The van der Waals surface area contributed by atoms with Gasteiger partial charge in [-0.25, -0.2) is 0 Å². The van der Waals surface area contributed by atoms with Crippen LogP contribution in [0.4, 0.5) is 0 Å². The summed E-state index contributed by atoms with van der Waals surface area (Å²) in [5, 5.41) is 9.74. The van der Waals surface area contributed by atoms with Crippen molar-refractivity contribution >= 4 is 15.9 Å². The Labute approximate surface area is 93.3 Å². The van der Waals surface area contributed by atoms with Crippen LogP contribution in [0, 0.1) is 6.92 Å². The number of benzene rings is 1. The Kier molecular flexibility index (Phi) is 3.96. The summed E-state index contributed by atoms with van der Waals surface area (Å²) in [6.07, 6.45) is 0.885. The Bertz CT molecular complexity index is 325. The standard InChI is InChI=1S/C11H16BrNO/c1-7(5-6-13)10-9(14)4-3-8(2)11(10)12/h3-4,7,14H,5-6,13H2,1-2H3. The third kappa shape index (κ3) is 2.28. The predicted octanol–water partition coefficient (Wildman–Crippen LogP) is 2.92. The predicted molar refractivity (Wildman–Crippen MR) is 62.6 cm³/mol. The fourth-order valence-corrected chi connectivity index (χ4v) is 2.28. The molecular weight excluding hydrogens is 242 g/mol. The lowest BCUT2D eigenvalue weighted by Gasteiger charge is -2.15. The number of nitrogens with two attached hydrogens (primary N) is 1. The first-order valence-corrected chi connectivity index (χ1v) is 5.55. The van der Waals surface area contributed by atoms with Gasteiger partial charge in [-0.3, -0.25) is 0 Å². The van der Waals surface area contributed by atoms with Gasteiger partial charge in [0.2, 0.25) is 0 Å². The molecule has 0 fully saturated rings. The van der Waals surface area contributed by atoms with Crippen LogP contribution in [0.3, 0.4) is 0 Å². The van der Waals surface area contributed by atoms with Gasteiger partial charge in [0, 0.05) is 10.0 Å². The molecule has 1 aromatic rings. The molecule has 1 atom stereocenters. The molecule has 2 nitrogen and oxygen atoms in total. The second-order valence-corrected chi connectivity index (χ2v) is 4.40. The van der Waals surface area contributed by atoms with Crippen LogP contribution in [0.25, 0.3) is 0 Å². The van der Waals surface area contributed by atoms with E-state index in [9.17, 15) is 5.11 Å². The van der Waals surface area contributed by atoms with E-state index in [4.69, 9.17) is 5.73 Å². The molecule has 0 spiro atoms. The molecule has 78 valence electrons. The molecule has 1 aromatic carbocycles. The van der Waals surface area contributed by atoms with Gasteiger partial charge in [-0.1, -0.05) is 28.9 Å². The second kappa shape index (κ2) is 4.80. The van der Waals surface area contributed by atoms with E-state index in [0.29, 0.717) is 12.3 Å². The van der Waals surface area contributed by atoms with Crippen LogP contribution in [-0.4, -0.2) is 11.7 Å². The van der Waals surface area contributed by atoms with E-state index >= 15 is 0 Å². The molecule has 0 saturated carbocycles. The molecule has 0 radical (unpaired) electrons. The summed E-state index contributed by atoms with van der Waals surface area (Å²) in [6.45, 7) is 4.73. The van der Waals surface area contributed by atoms with Crippen LogP contribution >= 0.6 is 15.9 Å². The van der Waals surface area contributed by atoms with Crippen LogP contribution in [0.5, 0.6) is 5.75 Å². The van der Waals surface area contributed by atoms with E-state index in [0.717, 1.165) is 22.0 Å². The zero-order chi connectivity index (χ0) is 10.7. The maximum atomic E-state index is 9.74. The Morgan fingerprint density at radius 3 is 2.71 bits per heavy atom. The normalized spacial score (nSPS) is 12.9. The SMILES string of the molecule is Cc1ccc(O)c(C(C)CCN)c1Br. The van der Waals surface area contributed by atoms with E-state index < -0.39 is 0 Å². The van der Waals surface area contributed by atoms with Crippen LogP contribution < -0.4 is 5.73 Å². The van der Waals surface area contributed by atoms with Gasteiger partial charge < -0.3 is 10.8 Å². The van der Waals surface area contributed by atoms with Crippen molar-refractivity contribution in [3.63, 3.8) is 0 Å². The van der Waals surface area contributed by atoms with Crippen LogP contribution in [-0.2, 0) is 0 Å². The summed E-state index contributed by atoms with van der Waals surface area (Å²) in [7, 11) is 0. The zero-order valence-electron chi connectivity index (χ0n) is 8.55. The summed E-state index contributed by atoms with van der Waals surface area (Å²) >= 11 is 3.50. The first-order chi connectivity index (χ1) is 6.57. The summed E-state index contributed by atoms with van der Waals surface area (Å²) < 4.78 is 0.999. The molecular formula is C11H16BrNO. The quantitative estimate of drug-likeness (QED) is 0.875. The molecule has 0 aromatic heterocycles. The Balaban J connectivity index is 3.11. The lowest BCUT2D eigenvalue weighted by atomic mass is 9.95. The number of phenols is 1. The average Bonchev–Trinajstić information content (AvgIpc) is 2.13. The highest BCUT2D eigenvalue weighted by molar-refractivity contribution is 9.10. The van der Waals surface area contributed by atoms with E-state index in [1.165, 1.54) is 0 Å². The number of aromatic hydroxyl groups is 1. The molecule has 0 bridgehead atoms. The maximum Gasteiger partial charge on any atom is 0.120 e. The Morgan fingerprint density at radius 1 is 1.50 bits per heavy atom. The van der Waals surface area contributed by atoms with Crippen molar-refractivity contribution < 1.29 is 5.11 Å². The number of hydrogen-bond donors (Lipinski definition) is 2. The Morgan fingerprint density at radius 2 is 2.14 bits per heavy atom. The summed E-state index contributed by atoms with van der Waals surface area (Å²) in [5.41, 5.74) is 7.62. The van der Waals surface area contributed by atoms with Crippen molar-refractivity contribution in [3.05, 3.63) is 27.7 Å². The number of halogens is 1. The van der Waals surface area contributed by atoms with Crippen molar-refractivity contribution in [2.75, 3.05) is 6.54 Å². The largest absolute Gasteiger partial charge is 0.508 e. The van der Waals surface area contributed by atoms with Crippen molar-refractivity contribution in [2.45, 2.75) is 26.2 Å². The van der Waals surface area contributed by atoms with Gasteiger partial charge >= 0.3 is 0 Å². The number of aryl methyl sites for hydroxylation is 1. The highest BCUT2D eigenvalue weighted by Gasteiger charge is 2.14. The minimum Gasteiger partial charge on any atom is -0.508 e. The zero-order valence-corrected chi connectivity index (χ0v) is 10.1. The number of phenolic OH excluding ortho intramolecular Hbond substituents is 1. The van der Waals surface area contributed by atoms with Gasteiger partial charge in [0.25, 0.3) is 0 Å². The molecule has 0 amide bonds. The molecule has 1 unspecified atom stereocenters. The van der Waals surface area contributed by atoms with Crippen LogP contribution in [0.1, 0.15) is 30.4 Å². The summed E-state index contributed by atoms with van der Waals surface area (Å²) in [6, 6.07) is 3.64. The van der Waals surface area contributed by atoms with Gasteiger partial charge in [-0.2, -0.15) is 0 Å². The third-order valence-electron chi connectivity index (χ3n) is 2.44. The molecule has 3 N–H and O–H groups in total. The van der Waals surface area contributed by atoms with Crippen LogP contribution in [0.2, 0.25) is 0 Å². The summed E-state index contributed by atoms with van der Waals surface area (Å²) in [5.74, 6) is 0.637. The minimum atomic E-state index is 0.286. The minimum absolute atomic E-state index is 0.286. The van der Waals surface area contributed by atoms with E-state index in [2.05, 4.69) is 22.9 Å². The van der Waals surface area contributed by atoms with Crippen LogP contribution in [0.15, 0.2) is 16.6 Å². The van der Waals surface area contributed by atoms with Gasteiger partial charge in [0.05, 0.1) is 0 Å². The molecule has 14 heavy (non-hydrogen) atoms. The third-order valence-corrected chi connectivity index (χ3v) is 3.49. The highest BCUT2D eigenvalue weighted by atomic mass is 79.9. The lowest BCUT2D eigenvalue weighted by molar-refractivity contribution is 0.460. The van der Waals surface area contributed by atoms with E-state index in [1.807, 2.05) is 13.0 Å². The number of rotatable bonds is 3. The first kappa shape index (κ1) is 11.5. The van der Waals surface area contributed by atoms with Gasteiger partial charge in [-0.15, -0.1) is 0 Å². The fraction of sp³-hybridized carbons (Fsp3) is 0.455. The molecule has 0 aliphatic rings. The van der Waals surface area contributed by atoms with Crippen molar-refractivity contribution in [3.8, 4) is 5.75 Å². The fourth-order valence-electron chi connectivity index (χ4n) is 1.55. The number of hydrogen-bond acceptors (Lipinski definition) is 2. The molecule has 0 aliphatic heterocycles. The Hall–Kier alpha value is -0.540. The first-order valence-electron chi connectivity index (χ1n) is 4.76. The smallest absolute Gasteiger partial charge is 0.120 e. The second-order valence-electron chi connectivity index (χ2n) is 3.61. The molecule has 0 heterocycles. The average molecular weight is 258 g/mol. The van der Waals surface area contributed by atoms with Gasteiger partial charge in [0.1, 0.15) is 5.75 Å². The topological polar surface area (TPSA) is 46.2 Å². The molecule has 3 heteroatoms. The lowest BCUT2D eigenvalue weighted by Crippen LogP contribution is -2.05. The monoisotopic (exact) mass is 257 g/mol. The van der Waals surface area contributed by atoms with Gasteiger partial charge in [0.15, 0.2) is 0 Å². The van der Waals surface area contributed by atoms with Crippen molar-refractivity contribution in [1.29, 1.82) is 0 Å². The van der Waals surface area contributed by atoms with E-state index in [1.54, 1.807) is 6.07 Å².